The molecule has 0 aliphatic carbocycles. The third-order valence-corrected chi connectivity index (χ3v) is 6.24. The standard InChI is InChI=1S/C25H28N4O2S/c1-31-23-10-9-19(18-5-2-6-20(15-18)25(30)29-13-4-14-29)16-24(23)32-28-22-8-3-7-21(17-22)27-12-11-26/h2-3,5-10,15-17,27-28H,4,11-14,26H2,1H3. The van der Waals surface area contributed by atoms with E-state index < -0.39 is 0 Å². The lowest BCUT2D eigenvalue weighted by Crippen LogP contribution is -2.41. The average molecular weight is 449 g/mol. The van der Waals surface area contributed by atoms with Crippen LogP contribution in [-0.2, 0) is 0 Å². The van der Waals surface area contributed by atoms with E-state index in [1.807, 2.05) is 65.6 Å². The Morgan fingerprint density at radius 2 is 1.81 bits per heavy atom. The molecule has 0 saturated carbocycles. The van der Waals surface area contributed by atoms with Crippen molar-refractivity contribution in [3.63, 3.8) is 0 Å². The topological polar surface area (TPSA) is 79.6 Å². The van der Waals surface area contributed by atoms with E-state index in [0.717, 1.165) is 64.8 Å². The van der Waals surface area contributed by atoms with Crippen molar-refractivity contribution in [1.82, 2.24) is 4.90 Å². The Bertz CT molecular complexity index is 1090. The smallest absolute Gasteiger partial charge is 0.253 e. The number of carbonyl (C=O) groups is 1. The van der Waals surface area contributed by atoms with Crippen LogP contribution in [0.25, 0.3) is 11.1 Å². The quantitative estimate of drug-likeness (QED) is 0.412. The molecule has 3 aromatic carbocycles. The van der Waals surface area contributed by atoms with Gasteiger partial charge >= 0.3 is 0 Å². The number of likely N-dealkylation sites (tertiary alicyclic amines) is 1. The van der Waals surface area contributed by atoms with Gasteiger partial charge in [0.15, 0.2) is 0 Å². The number of benzene rings is 3. The second kappa shape index (κ2) is 10.4. The third kappa shape index (κ3) is 5.18. The number of nitrogens with two attached hydrogens (primary N) is 1. The maximum atomic E-state index is 12.6. The summed E-state index contributed by atoms with van der Waals surface area (Å²) in [6, 6.07) is 22.0. The minimum atomic E-state index is 0.103. The van der Waals surface area contributed by atoms with E-state index in [-0.39, 0.29) is 5.91 Å². The Labute approximate surface area is 193 Å². The van der Waals surface area contributed by atoms with Gasteiger partial charge in [-0.25, -0.2) is 0 Å². The molecule has 1 amide bonds. The van der Waals surface area contributed by atoms with Gasteiger partial charge in [0.25, 0.3) is 5.91 Å². The first-order chi connectivity index (χ1) is 15.7. The predicted molar refractivity (Wildman–Crippen MR) is 132 cm³/mol. The van der Waals surface area contributed by atoms with Gasteiger partial charge in [0.1, 0.15) is 5.75 Å². The molecule has 1 fully saturated rings. The van der Waals surface area contributed by atoms with Gasteiger partial charge in [0, 0.05) is 43.1 Å². The highest BCUT2D eigenvalue weighted by atomic mass is 32.2. The second-order valence-corrected chi connectivity index (χ2v) is 8.44. The van der Waals surface area contributed by atoms with Crippen LogP contribution in [-0.4, -0.2) is 44.1 Å². The van der Waals surface area contributed by atoms with Crippen LogP contribution in [0.3, 0.4) is 0 Å². The summed E-state index contributed by atoms with van der Waals surface area (Å²) in [5.74, 6) is 0.891. The number of carbonyl (C=O) groups excluding carboxylic acids is 1. The zero-order valence-corrected chi connectivity index (χ0v) is 19.0. The summed E-state index contributed by atoms with van der Waals surface area (Å²) in [6.45, 7) is 3.01. The summed E-state index contributed by atoms with van der Waals surface area (Å²) in [6.07, 6.45) is 1.09. The number of methoxy groups -OCH3 is 1. The van der Waals surface area contributed by atoms with E-state index in [9.17, 15) is 4.79 Å². The first kappa shape index (κ1) is 22.0. The van der Waals surface area contributed by atoms with Gasteiger partial charge < -0.3 is 25.4 Å². The highest BCUT2D eigenvalue weighted by molar-refractivity contribution is 8.00. The monoisotopic (exact) mass is 448 g/mol. The highest BCUT2D eigenvalue weighted by Gasteiger charge is 2.21. The first-order valence-corrected chi connectivity index (χ1v) is 11.5. The van der Waals surface area contributed by atoms with Crippen LogP contribution in [0.1, 0.15) is 16.8 Å². The Morgan fingerprint density at radius 1 is 1.03 bits per heavy atom. The van der Waals surface area contributed by atoms with Gasteiger partial charge in [-0.1, -0.05) is 24.3 Å². The highest BCUT2D eigenvalue weighted by Crippen LogP contribution is 2.35. The lowest BCUT2D eigenvalue weighted by atomic mass is 10.0. The number of hydrogen-bond acceptors (Lipinski definition) is 6. The second-order valence-electron chi connectivity index (χ2n) is 7.59. The first-order valence-electron chi connectivity index (χ1n) is 10.7. The van der Waals surface area contributed by atoms with Crippen LogP contribution in [0.5, 0.6) is 5.75 Å². The summed E-state index contributed by atoms with van der Waals surface area (Å²) in [7, 11) is 1.67. The normalized spacial score (nSPS) is 12.8. The number of ether oxygens (including phenoxy) is 1. The van der Waals surface area contributed by atoms with Crippen molar-refractivity contribution < 1.29 is 9.53 Å². The van der Waals surface area contributed by atoms with Crippen LogP contribution in [0, 0.1) is 0 Å². The minimum Gasteiger partial charge on any atom is -0.496 e. The Morgan fingerprint density at radius 3 is 2.56 bits per heavy atom. The van der Waals surface area contributed by atoms with E-state index in [4.69, 9.17) is 10.5 Å². The minimum absolute atomic E-state index is 0.103. The molecular weight excluding hydrogens is 420 g/mol. The van der Waals surface area contributed by atoms with Crippen molar-refractivity contribution in [2.45, 2.75) is 11.3 Å². The molecule has 1 aliphatic heterocycles. The van der Waals surface area contributed by atoms with Gasteiger partial charge in [0.05, 0.1) is 12.0 Å². The SMILES string of the molecule is COc1ccc(-c2cccc(C(=O)N3CCC3)c2)cc1SNc1cccc(NCCN)c1. The van der Waals surface area contributed by atoms with Crippen molar-refractivity contribution in [1.29, 1.82) is 0 Å². The molecule has 3 aromatic rings. The zero-order chi connectivity index (χ0) is 22.3. The molecule has 0 aromatic heterocycles. The maximum Gasteiger partial charge on any atom is 0.253 e. The number of anilines is 2. The summed E-state index contributed by atoms with van der Waals surface area (Å²) in [5, 5.41) is 3.29. The molecule has 4 rings (SSSR count). The number of amides is 1. The molecule has 1 heterocycles. The van der Waals surface area contributed by atoms with Crippen LogP contribution in [0.2, 0.25) is 0 Å². The van der Waals surface area contributed by atoms with Crippen LogP contribution in [0.15, 0.2) is 71.6 Å². The molecule has 0 radical (unpaired) electrons. The molecule has 1 saturated heterocycles. The zero-order valence-electron chi connectivity index (χ0n) is 18.1. The van der Waals surface area contributed by atoms with Crippen LogP contribution >= 0.6 is 11.9 Å². The molecule has 0 unspecified atom stereocenters. The summed E-state index contributed by atoms with van der Waals surface area (Å²) in [4.78, 5) is 15.5. The lowest BCUT2D eigenvalue weighted by Gasteiger charge is -2.31. The fourth-order valence-electron chi connectivity index (χ4n) is 3.49. The Balaban J connectivity index is 1.52. The van der Waals surface area contributed by atoms with Crippen LogP contribution < -0.4 is 20.5 Å². The van der Waals surface area contributed by atoms with Crippen molar-refractivity contribution >= 4 is 29.2 Å². The molecule has 32 heavy (non-hydrogen) atoms. The van der Waals surface area contributed by atoms with E-state index >= 15 is 0 Å². The summed E-state index contributed by atoms with van der Waals surface area (Å²) >= 11 is 1.49. The molecule has 1 aliphatic rings. The number of hydrogen-bond donors (Lipinski definition) is 3. The Kier molecular flexibility index (Phi) is 7.19. The molecule has 166 valence electrons. The van der Waals surface area contributed by atoms with Gasteiger partial charge in [0.2, 0.25) is 0 Å². The Hall–Kier alpha value is -3.16. The van der Waals surface area contributed by atoms with Crippen LogP contribution in [0.4, 0.5) is 11.4 Å². The largest absolute Gasteiger partial charge is 0.496 e. The number of nitrogens with zero attached hydrogens (tertiary/aromatic N) is 1. The molecule has 0 bridgehead atoms. The number of rotatable bonds is 9. The van der Waals surface area contributed by atoms with Crippen molar-refractivity contribution in [3.8, 4) is 16.9 Å². The molecule has 6 nitrogen and oxygen atoms in total. The van der Waals surface area contributed by atoms with Gasteiger partial charge in [-0.2, -0.15) is 0 Å². The molecule has 4 N–H and O–H groups in total. The van der Waals surface area contributed by atoms with E-state index in [0.29, 0.717) is 6.54 Å². The fraction of sp³-hybridized carbons (Fsp3) is 0.240. The fourth-order valence-corrected chi connectivity index (χ4v) is 4.29. The van der Waals surface area contributed by atoms with Gasteiger partial charge in [-0.15, -0.1) is 0 Å². The van der Waals surface area contributed by atoms with Gasteiger partial charge in [-0.3, -0.25) is 4.79 Å². The molecule has 7 heteroatoms. The van der Waals surface area contributed by atoms with Gasteiger partial charge in [-0.05, 0) is 72.0 Å². The maximum absolute atomic E-state index is 12.6. The molecule has 0 spiro atoms. The van der Waals surface area contributed by atoms with E-state index in [2.05, 4.69) is 16.1 Å². The van der Waals surface area contributed by atoms with Crippen molar-refractivity contribution in [3.05, 3.63) is 72.3 Å². The molecular formula is C25H28N4O2S. The summed E-state index contributed by atoms with van der Waals surface area (Å²) < 4.78 is 8.96. The number of nitrogens with one attached hydrogen (secondary N) is 2. The third-order valence-electron chi connectivity index (χ3n) is 5.36. The van der Waals surface area contributed by atoms with Crippen molar-refractivity contribution in [2.75, 3.05) is 43.3 Å². The van der Waals surface area contributed by atoms with Crippen molar-refractivity contribution in [2.24, 2.45) is 5.73 Å². The molecule has 0 atom stereocenters. The predicted octanol–water partition coefficient (Wildman–Crippen LogP) is 4.70. The van der Waals surface area contributed by atoms with E-state index in [1.54, 1.807) is 7.11 Å². The lowest BCUT2D eigenvalue weighted by molar-refractivity contribution is 0.0652. The van der Waals surface area contributed by atoms with E-state index in [1.165, 1.54) is 11.9 Å². The summed E-state index contributed by atoms with van der Waals surface area (Å²) in [5.41, 5.74) is 10.3. The average Bonchev–Trinajstić information content (AvgIpc) is 2.80.